The average Bonchev–Trinajstić information content (AvgIpc) is 3.23. The van der Waals surface area contributed by atoms with Gasteiger partial charge in [0.05, 0.1) is 12.1 Å². The number of nitrogens with zero attached hydrogens (tertiary/aromatic N) is 4. The molecular weight excluding hydrogens is 380 g/mol. The van der Waals surface area contributed by atoms with Crippen LogP contribution >= 0.6 is 0 Å². The fraction of sp³-hybridized carbons (Fsp3) is 0.444. The minimum Gasteiger partial charge on any atom is -0.297 e. The molecule has 162 valence electrons. The van der Waals surface area contributed by atoms with Crippen LogP contribution in [0, 0.1) is 6.92 Å². The van der Waals surface area contributed by atoms with E-state index in [1.807, 2.05) is 6.20 Å². The summed E-state index contributed by atoms with van der Waals surface area (Å²) in [6, 6.07) is 25.6. The SMILES string of the molecule is Cc1ccnn1C1CCN(C2CN(C(c3ccccc3)c3ccccc3)C2(C)C)CC1. The first-order valence-electron chi connectivity index (χ1n) is 11.7. The van der Waals surface area contributed by atoms with E-state index in [0.29, 0.717) is 18.1 Å². The molecule has 0 spiro atoms. The molecule has 0 N–H and O–H groups in total. The Hall–Kier alpha value is -2.43. The minimum absolute atomic E-state index is 0.130. The van der Waals surface area contributed by atoms with Crippen LogP contribution < -0.4 is 0 Å². The monoisotopic (exact) mass is 414 g/mol. The van der Waals surface area contributed by atoms with Gasteiger partial charge in [0.15, 0.2) is 0 Å². The second-order valence-corrected chi connectivity index (χ2v) is 9.73. The molecule has 0 amide bonds. The Morgan fingerprint density at radius 2 is 1.45 bits per heavy atom. The molecule has 3 heterocycles. The summed E-state index contributed by atoms with van der Waals surface area (Å²) in [6.45, 7) is 10.5. The first kappa shape index (κ1) is 20.5. The quantitative estimate of drug-likeness (QED) is 0.582. The Bertz CT molecular complexity index is 947. The molecule has 2 aliphatic heterocycles. The maximum absolute atomic E-state index is 4.56. The summed E-state index contributed by atoms with van der Waals surface area (Å²) in [5.74, 6) is 0. The molecule has 2 fully saturated rings. The number of hydrogen-bond acceptors (Lipinski definition) is 3. The van der Waals surface area contributed by atoms with Gasteiger partial charge in [-0.2, -0.15) is 5.10 Å². The molecule has 0 aliphatic carbocycles. The third-order valence-corrected chi connectivity index (χ3v) is 7.62. The average molecular weight is 415 g/mol. The van der Waals surface area contributed by atoms with E-state index in [2.05, 4.69) is 107 Å². The number of likely N-dealkylation sites (tertiary alicyclic amines) is 2. The molecule has 0 saturated carbocycles. The fourth-order valence-corrected chi connectivity index (χ4v) is 5.75. The molecular formula is C27H34N4. The van der Waals surface area contributed by atoms with Crippen LogP contribution in [-0.2, 0) is 0 Å². The van der Waals surface area contributed by atoms with Gasteiger partial charge in [-0.05, 0) is 50.8 Å². The maximum atomic E-state index is 4.56. The van der Waals surface area contributed by atoms with Crippen LogP contribution in [0.5, 0.6) is 0 Å². The van der Waals surface area contributed by atoms with E-state index in [4.69, 9.17) is 0 Å². The van der Waals surface area contributed by atoms with E-state index in [9.17, 15) is 0 Å². The predicted molar refractivity (Wildman–Crippen MR) is 126 cm³/mol. The van der Waals surface area contributed by atoms with Crippen LogP contribution in [0.1, 0.15) is 55.6 Å². The highest BCUT2D eigenvalue weighted by Crippen LogP contribution is 2.44. The van der Waals surface area contributed by atoms with Crippen LogP contribution in [0.25, 0.3) is 0 Å². The van der Waals surface area contributed by atoms with Crippen LogP contribution in [0.4, 0.5) is 0 Å². The molecule has 4 nitrogen and oxygen atoms in total. The Balaban J connectivity index is 1.32. The van der Waals surface area contributed by atoms with Crippen LogP contribution in [0.3, 0.4) is 0 Å². The standard InChI is InChI=1S/C27H34N4/c1-21-14-17-28-31(21)24-15-18-29(19-16-24)25-20-30(27(25,2)3)26(22-10-6-4-7-11-22)23-12-8-5-9-13-23/h4-14,17,24-26H,15-16,18-20H2,1-3H3. The van der Waals surface area contributed by atoms with E-state index in [1.54, 1.807) is 0 Å². The third kappa shape index (κ3) is 3.72. The van der Waals surface area contributed by atoms with Gasteiger partial charge < -0.3 is 0 Å². The van der Waals surface area contributed by atoms with Crippen molar-refractivity contribution in [1.82, 2.24) is 19.6 Å². The number of piperidine rings is 1. The lowest BCUT2D eigenvalue weighted by atomic mass is 9.77. The Kier molecular flexibility index (Phi) is 5.45. The minimum atomic E-state index is 0.130. The number of rotatable bonds is 5. The van der Waals surface area contributed by atoms with E-state index in [-0.39, 0.29) is 5.54 Å². The van der Waals surface area contributed by atoms with Gasteiger partial charge >= 0.3 is 0 Å². The molecule has 3 aromatic rings. The van der Waals surface area contributed by atoms with Gasteiger partial charge in [-0.25, -0.2) is 0 Å². The predicted octanol–water partition coefficient (Wildman–Crippen LogP) is 5.08. The van der Waals surface area contributed by atoms with Crippen molar-refractivity contribution in [3.63, 3.8) is 0 Å². The highest BCUT2D eigenvalue weighted by Gasteiger charge is 2.52. The molecule has 1 aromatic heterocycles. The smallest absolute Gasteiger partial charge is 0.0607 e. The van der Waals surface area contributed by atoms with E-state index in [1.165, 1.54) is 29.7 Å². The van der Waals surface area contributed by atoms with Gasteiger partial charge in [0.25, 0.3) is 0 Å². The maximum Gasteiger partial charge on any atom is 0.0607 e. The molecule has 4 heteroatoms. The molecule has 2 aliphatic rings. The number of hydrogen-bond donors (Lipinski definition) is 0. The molecule has 5 rings (SSSR count). The number of aryl methyl sites for hydroxylation is 1. The van der Waals surface area contributed by atoms with Gasteiger partial charge in [0.1, 0.15) is 0 Å². The topological polar surface area (TPSA) is 24.3 Å². The number of benzene rings is 2. The largest absolute Gasteiger partial charge is 0.297 e. The summed E-state index contributed by atoms with van der Waals surface area (Å²) in [5.41, 5.74) is 4.17. The van der Waals surface area contributed by atoms with E-state index < -0.39 is 0 Å². The zero-order valence-electron chi connectivity index (χ0n) is 19.0. The fourth-order valence-electron chi connectivity index (χ4n) is 5.75. The summed E-state index contributed by atoms with van der Waals surface area (Å²) in [5, 5.41) is 4.56. The van der Waals surface area contributed by atoms with Gasteiger partial charge in [0.2, 0.25) is 0 Å². The lowest BCUT2D eigenvalue weighted by Gasteiger charge is -2.62. The van der Waals surface area contributed by atoms with Crippen LogP contribution in [0.15, 0.2) is 72.9 Å². The third-order valence-electron chi connectivity index (χ3n) is 7.62. The van der Waals surface area contributed by atoms with Crippen molar-refractivity contribution >= 4 is 0 Å². The van der Waals surface area contributed by atoms with Crippen LogP contribution in [-0.4, -0.2) is 50.8 Å². The summed E-state index contributed by atoms with van der Waals surface area (Å²) in [7, 11) is 0. The zero-order valence-corrected chi connectivity index (χ0v) is 19.0. The molecule has 0 radical (unpaired) electrons. The van der Waals surface area contributed by atoms with Crippen molar-refractivity contribution in [2.75, 3.05) is 19.6 Å². The normalized spacial score (nSPS) is 22.5. The van der Waals surface area contributed by atoms with Crippen molar-refractivity contribution < 1.29 is 0 Å². The molecule has 0 bridgehead atoms. The van der Waals surface area contributed by atoms with E-state index in [0.717, 1.165) is 19.6 Å². The van der Waals surface area contributed by atoms with E-state index >= 15 is 0 Å². The summed E-state index contributed by atoms with van der Waals surface area (Å²) in [4.78, 5) is 5.44. The Morgan fingerprint density at radius 3 is 1.94 bits per heavy atom. The second-order valence-electron chi connectivity index (χ2n) is 9.73. The molecule has 2 aromatic carbocycles. The highest BCUT2D eigenvalue weighted by molar-refractivity contribution is 5.34. The second kappa shape index (κ2) is 8.25. The van der Waals surface area contributed by atoms with Gasteiger partial charge in [-0.15, -0.1) is 0 Å². The molecule has 1 atom stereocenters. The molecule has 1 unspecified atom stereocenters. The first-order valence-corrected chi connectivity index (χ1v) is 11.7. The summed E-state index contributed by atoms with van der Waals surface area (Å²) >= 11 is 0. The highest BCUT2D eigenvalue weighted by atomic mass is 15.4. The Labute approximate surface area is 186 Å². The summed E-state index contributed by atoms with van der Waals surface area (Å²) in [6.07, 6.45) is 4.31. The number of aromatic nitrogens is 2. The molecule has 31 heavy (non-hydrogen) atoms. The Morgan fingerprint density at radius 1 is 0.871 bits per heavy atom. The lowest BCUT2D eigenvalue weighted by molar-refractivity contribution is -0.111. The lowest BCUT2D eigenvalue weighted by Crippen LogP contribution is -2.74. The van der Waals surface area contributed by atoms with Crippen molar-refractivity contribution in [3.8, 4) is 0 Å². The van der Waals surface area contributed by atoms with Crippen LogP contribution in [0.2, 0.25) is 0 Å². The van der Waals surface area contributed by atoms with Gasteiger partial charge in [0, 0.05) is 43.1 Å². The van der Waals surface area contributed by atoms with Gasteiger partial charge in [-0.3, -0.25) is 14.5 Å². The van der Waals surface area contributed by atoms with Crippen molar-refractivity contribution in [2.45, 2.75) is 57.3 Å². The zero-order chi connectivity index (χ0) is 21.4. The summed E-state index contributed by atoms with van der Waals surface area (Å²) < 4.78 is 2.23. The first-order chi connectivity index (χ1) is 15.1. The van der Waals surface area contributed by atoms with Crippen molar-refractivity contribution in [1.29, 1.82) is 0 Å². The molecule has 2 saturated heterocycles. The van der Waals surface area contributed by atoms with Crippen molar-refractivity contribution in [2.24, 2.45) is 0 Å². The van der Waals surface area contributed by atoms with Crippen molar-refractivity contribution in [3.05, 3.63) is 89.7 Å². The van der Waals surface area contributed by atoms with Gasteiger partial charge in [-0.1, -0.05) is 60.7 Å².